The van der Waals surface area contributed by atoms with E-state index in [0.717, 1.165) is 63.0 Å². The maximum atomic E-state index is 4.78. The van der Waals surface area contributed by atoms with Crippen molar-refractivity contribution in [2.24, 2.45) is 12.0 Å². The molecule has 1 fully saturated rings. The van der Waals surface area contributed by atoms with Gasteiger partial charge in [0.25, 0.3) is 0 Å². The summed E-state index contributed by atoms with van der Waals surface area (Å²) in [6.07, 6.45) is 4.56. The van der Waals surface area contributed by atoms with Crippen molar-refractivity contribution in [3.63, 3.8) is 0 Å². The van der Waals surface area contributed by atoms with Crippen LogP contribution in [0.5, 0.6) is 0 Å². The fourth-order valence-electron chi connectivity index (χ4n) is 3.54. The van der Waals surface area contributed by atoms with Crippen molar-refractivity contribution in [2.75, 3.05) is 19.6 Å². The third-order valence-electron chi connectivity index (χ3n) is 5.56. The molecule has 0 bridgehead atoms. The number of aliphatic imine (C=N–C) groups is 1. The van der Waals surface area contributed by atoms with Crippen molar-refractivity contribution in [3.8, 4) is 0 Å². The van der Waals surface area contributed by atoms with Crippen molar-refractivity contribution in [1.29, 1.82) is 0 Å². The molecule has 0 unspecified atom stereocenters. The molecule has 0 radical (unpaired) electrons. The van der Waals surface area contributed by atoms with Gasteiger partial charge >= 0.3 is 0 Å². The number of unbranched alkanes of at least 4 members (excludes halogenated alkanes) is 1. The summed E-state index contributed by atoms with van der Waals surface area (Å²) in [6, 6.07) is 11.2. The first-order chi connectivity index (χ1) is 14.2. The van der Waals surface area contributed by atoms with Crippen LogP contribution < -0.4 is 10.6 Å². The minimum Gasteiger partial charge on any atom is -0.356 e. The number of aryl methyl sites for hydroxylation is 1. The molecule has 0 saturated carbocycles. The zero-order valence-corrected chi connectivity index (χ0v) is 18.1. The standard InChI is InChI=1S/C22H35N7/c1-4-5-13-23-22(24-16-21-27-26-18(2)28(21)3)25-20-11-14-29(15-12-20)17-19-9-7-6-8-10-19/h6-10,20H,4-5,11-17H2,1-3H3,(H2,23,24,25). The number of likely N-dealkylation sites (tertiary alicyclic amines) is 1. The summed E-state index contributed by atoms with van der Waals surface area (Å²) in [5, 5.41) is 15.5. The van der Waals surface area contributed by atoms with Gasteiger partial charge in [0.2, 0.25) is 0 Å². The second-order valence-electron chi connectivity index (χ2n) is 7.85. The smallest absolute Gasteiger partial charge is 0.191 e. The molecule has 0 aliphatic carbocycles. The second kappa shape index (κ2) is 11.0. The van der Waals surface area contributed by atoms with Gasteiger partial charge in [-0.2, -0.15) is 0 Å². The number of aromatic nitrogens is 3. The highest BCUT2D eigenvalue weighted by Crippen LogP contribution is 2.14. The average Bonchev–Trinajstić information content (AvgIpc) is 3.06. The molecule has 0 amide bonds. The van der Waals surface area contributed by atoms with Gasteiger partial charge in [0.1, 0.15) is 12.4 Å². The molecule has 0 spiro atoms. The first kappa shape index (κ1) is 21.3. The number of guanidine groups is 1. The van der Waals surface area contributed by atoms with E-state index in [2.05, 4.69) is 63.0 Å². The molecular formula is C22H35N7. The summed E-state index contributed by atoms with van der Waals surface area (Å²) in [7, 11) is 1.99. The van der Waals surface area contributed by atoms with Crippen molar-refractivity contribution < 1.29 is 0 Å². The van der Waals surface area contributed by atoms with Gasteiger partial charge in [-0.3, -0.25) is 4.90 Å². The molecule has 1 saturated heterocycles. The molecule has 29 heavy (non-hydrogen) atoms. The summed E-state index contributed by atoms with van der Waals surface area (Å²) >= 11 is 0. The number of hydrogen-bond acceptors (Lipinski definition) is 4. The maximum Gasteiger partial charge on any atom is 0.191 e. The fraction of sp³-hybridized carbons (Fsp3) is 0.591. The van der Waals surface area contributed by atoms with Crippen LogP contribution in [0.3, 0.4) is 0 Å². The Morgan fingerprint density at radius 2 is 1.93 bits per heavy atom. The van der Waals surface area contributed by atoms with Crippen LogP contribution in [0.25, 0.3) is 0 Å². The Kier molecular flexibility index (Phi) is 8.04. The molecule has 2 aromatic rings. The number of piperidine rings is 1. The lowest BCUT2D eigenvalue weighted by atomic mass is 10.0. The van der Waals surface area contributed by atoms with Crippen LogP contribution >= 0.6 is 0 Å². The SMILES string of the molecule is CCCCNC(=NCc1nnc(C)n1C)NC1CCN(Cc2ccccc2)CC1. The van der Waals surface area contributed by atoms with E-state index in [1.54, 1.807) is 0 Å². The van der Waals surface area contributed by atoms with E-state index in [9.17, 15) is 0 Å². The Labute approximate surface area is 174 Å². The molecule has 2 N–H and O–H groups in total. The predicted molar refractivity (Wildman–Crippen MR) is 118 cm³/mol. The van der Waals surface area contributed by atoms with E-state index in [4.69, 9.17) is 4.99 Å². The van der Waals surface area contributed by atoms with Crippen LogP contribution in [-0.4, -0.2) is 51.3 Å². The monoisotopic (exact) mass is 397 g/mol. The van der Waals surface area contributed by atoms with Crippen LogP contribution in [-0.2, 0) is 20.1 Å². The van der Waals surface area contributed by atoms with Gasteiger partial charge in [-0.15, -0.1) is 10.2 Å². The Balaban J connectivity index is 1.52. The van der Waals surface area contributed by atoms with Gasteiger partial charge in [-0.1, -0.05) is 43.7 Å². The fourth-order valence-corrected chi connectivity index (χ4v) is 3.54. The van der Waals surface area contributed by atoms with Crippen LogP contribution in [0.4, 0.5) is 0 Å². The lowest BCUT2D eigenvalue weighted by Gasteiger charge is -2.33. The zero-order valence-electron chi connectivity index (χ0n) is 18.1. The van der Waals surface area contributed by atoms with Gasteiger partial charge < -0.3 is 15.2 Å². The molecule has 3 rings (SSSR count). The van der Waals surface area contributed by atoms with Gasteiger partial charge in [0.05, 0.1) is 0 Å². The molecular weight excluding hydrogens is 362 g/mol. The quantitative estimate of drug-likeness (QED) is 0.407. The van der Waals surface area contributed by atoms with E-state index < -0.39 is 0 Å². The van der Waals surface area contributed by atoms with Crippen molar-refractivity contribution in [1.82, 2.24) is 30.3 Å². The Morgan fingerprint density at radius 3 is 2.59 bits per heavy atom. The molecule has 1 aromatic carbocycles. The lowest BCUT2D eigenvalue weighted by Crippen LogP contribution is -2.48. The number of nitrogens with one attached hydrogen (secondary N) is 2. The first-order valence-corrected chi connectivity index (χ1v) is 10.8. The highest BCUT2D eigenvalue weighted by Gasteiger charge is 2.20. The summed E-state index contributed by atoms with van der Waals surface area (Å²) in [5.74, 6) is 2.69. The zero-order chi connectivity index (χ0) is 20.5. The summed E-state index contributed by atoms with van der Waals surface area (Å²) in [5.41, 5.74) is 1.39. The number of benzene rings is 1. The molecule has 7 nitrogen and oxygen atoms in total. The third kappa shape index (κ3) is 6.56. The predicted octanol–water partition coefficient (Wildman–Crippen LogP) is 2.62. The summed E-state index contributed by atoms with van der Waals surface area (Å²) in [6.45, 7) is 8.89. The van der Waals surface area contributed by atoms with Crippen molar-refractivity contribution in [3.05, 3.63) is 47.5 Å². The average molecular weight is 398 g/mol. The summed E-state index contributed by atoms with van der Waals surface area (Å²) < 4.78 is 2.00. The first-order valence-electron chi connectivity index (χ1n) is 10.8. The largest absolute Gasteiger partial charge is 0.356 e. The Hall–Kier alpha value is -2.41. The summed E-state index contributed by atoms with van der Waals surface area (Å²) in [4.78, 5) is 7.32. The third-order valence-corrected chi connectivity index (χ3v) is 5.56. The highest BCUT2D eigenvalue weighted by molar-refractivity contribution is 5.80. The van der Waals surface area contributed by atoms with Crippen LogP contribution in [0, 0.1) is 6.92 Å². The molecule has 1 aliphatic heterocycles. The minimum absolute atomic E-state index is 0.455. The Bertz CT molecular complexity index is 761. The van der Waals surface area contributed by atoms with Crippen molar-refractivity contribution in [2.45, 2.75) is 58.7 Å². The highest BCUT2D eigenvalue weighted by atomic mass is 15.3. The van der Waals surface area contributed by atoms with E-state index >= 15 is 0 Å². The molecule has 2 heterocycles. The molecule has 0 atom stereocenters. The van der Waals surface area contributed by atoms with Gasteiger partial charge in [0, 0.05) is 39.3 Å². The minimum atomic E-state index is 0.455. The van der Waals surface area contributed by atoms with E-state index in [-0.39, 0.29) is 0 Å². The molecule has 158 valence electrons. The van der Waals surface area contributed by atoms with Crippen molar-refractivity contribution >= 4 is 5.96 Å². The van der Waals surface area contributed by atoms with Crippen LogP contribution in [0.2, 0.25) is 0 Å². The van der Waals surface area contributed by atoms with E-state index in [1.807, 2.05) is 18.5 Å². The van der Waals surface area contributed by atoms with E-state index in [1.165, 1.54) is 12.0 Å². The molecule has 1 aliphatic rings. The van der Waals surface area contributed by atoms with Crippen LogP contribution in [0.1, 0.15) is 49.8 Å². The van der Waals surface area contributed by atoms with Gasteiger partial charge in [-0.05, 0) is 31.7 Å². The lowest BCUT2D eigenvalue weighted by molar-refractivity contribution is 0.198. The number of rotatable bonds is 8. The van der Waals surface area contributed by atoms with Gasteiger partial charge in [-0.25, -0.2) is 4.99 Å². The molecule has 1 aromatic heterocycles. The van der Waals surface area contributed by atoms with Gasteiger partial charge in [0.15, 0.2) is 11.8 Å². The number of nitrogens with zero attached hydrogens (tertiary/aromatic N) is 5. The maximum absolute atomic E-state index is 4.78. The Morgan fingerprint density at radius 1 is 1.17 bits per heavy atom. The topological polar surface area (TPSA) is 70.4 Å². The molecule has 7 heteroatoms. The second-order valence-corrected chi connectivity index (χ2v) is 7.85. The van der Waals surface area contributed by atoms with E-state index in [0.29, 0.717) is 12.6 Å². The number of hydrogen-bond donors (Lipinski definition) is 2. The van der Waals surface area contributed by atoms with Crippen LogP contribution in [0.15, 0.2) is 35.3 Å². The normalized spacial score (nSPS) is 16.2.